The molecule has 0 spiro atoms. The Hall–Kier alpha value is -1.61. The van der Waals surface area contributed by atoms with Crippen molar-refractivity contribution in [2.75, 3.05) is 13.1 Å². The van der Waals surface area contributed by atoms with Gasteiger partial charge in [-0.05, 0) is 56.7 Å². The molecule has 0 radical (unpaired) electrons. The number of likely N-dealkylation sites (tertiary alicyclic amines) is 1. The molecule has 2 aliphatic rings. The van der Waals surface area contributed by atoms with Crippen LogP contribution in [0.15, 0.2) is 18.2 Å². The van der Waals surface area contributed by atoms with Crippen LogP contribution < -0.4 is 4.90 Å². The summed E-state index contributed by atoms with van der Waals surface area (Å²) in [7, 11) is 0. The third-order valence-corrected chi connectivity index (χ3v) is 5.36. The van der Waals surface area contributed by atoms with Gasteiger partial charge in [0.25, 0.3) is 0 Å². The largest absolute Gasteiger partial charge is 0.318 e. The first-order valence-corrected chi connectivity index (χ1v) is 8.72. The Kier molecular flexibility index (Phi) is 3.53. The van der Waals surface area contributed by atoms with Gasteiger partial charge in [-0.25, -0.2) is 0 Å². The van der Waals surface area contributed by atoms with Crippen LogP contribution in [0.25, 0.3) is 10.9 Å². The van der Waals surface area contributed by atoms with Gasteiger partial charge in [-0.1, -0.05) is 11.6 Å². The maximum atomic E-state index is 12.6. The van der Waals surface area contributed by atoms with E-state index in [1.54, 1.807) is 4.90 Å². The number of Topliss-reactive ketones (excluding diaryl/α,β-unsaturated/α-hetero) is 1. The molecule has 22 heavy (non-hydrogen) atoms. The van der Waals surface area contributed by atoms with Crippen LogP contribution in [0.3, 0.4) is 0 Å². The Morgan fingerprint density at radius 1 is 1.09 bits per heavy atom. The molecule has 0 amide bonds. The van der Waals surface area contributed by atoms with E-state index in [9.17, 15) is 4.79 Å². The summed E-state index contributed by atoms with van der Waals surface area (Å²) in [6.45, 7) is 5.59. The number of rotatable bonds is 2. The van der Waals surface area contributed by atoms with Crippen molar-refractivity contribution in [1.82, 2.24) is 4.57 Å². The highest BCUT2D eigenvalue weighted by Gasteiger charge is 2.27. The van der Waals surface area contributed by atoms with Crippen molar-refractivity contribution in [3.63, 3.8) is 0 Å². The number of fused-ring (bicyclic) bond motifs is 3. The smallest absolute Gasteiger partial charge is 0.179 e. The van der Waals surface area contributed by atoms with Gasteiger partial charge >= 0.3 is 0 Å². The first kappa shape index (κ1) is 14.0. The first-order valence-electron chi connectivity index (χ1n) is 8.72. The molecular formula is C19H25N2O+. The zero-order valence-electron chi connectivity index (χ0n) is 13.5. The topological polar surface area (TPSA) is 26.4 Å². The minimum Gasteiger partial charge on any atom is -0.318 e. The molecule has 1 aliphatic carbocycles. The van der Waals surface area contributed by atoms with Crippen LogP contribution in [-0.2, 0) is 13.1 Å². The lowest BCUT2D eigenvalue weighted by Gasteiger charge is -2.25. The minimum absolute atomic E-state index is 0.353. The molecule has 1 fully saturated rings. The average molecular weight is 297 g/mol. The molecule has 1 aliphatic heterocycles. The van der Waals surface area contributed by atoms with E-state index in [2.05, 4.69) is 29.7 Å². The number of nitrogens with one attached hydrogen (secondary N) is 1. The third-order valence-electron chi connectivity index (χ3n) is 5.36. The van der Waals surface area contributed by atoms with Crippen molar-refractivity contribution < 1.29 is 9.69 Å². The van der Waals surface area contributed by atoms with Crippen LogP contribution in [0.4, 0.5) is 0 Å². The fourth-order valence-electron chi connectivity index (χ4n) is 4.25. The lowest BCUT2D eigenvalue weighted by molar-refractivity contribution is -0.927. The molecule has 0 bridgehead atoms. The molecule has 2 aromatic rings. The SMILES string of the molecule is Cc1ccc2c(c1)c1c(n2C[NH+]2CCCCC2)C(=O)CCC1. The van der Waals surface area contributed by atoms with Crippen molar-refractivity contribution in [3.8, 4) is 0 Å². The van der Waals surface area contributed by atoms with Crippen molar-refractivity contribution in [3.05, 3.63) is 35.0 Å². The molecule has 1 saturated heterocycles. The summed E-state index contributed by atoms with van der Waals surface area (Å²) in [6.07, 6.45) is 6.80. The zero-order chi connectivity index (χ0) is 15.1. The number of quaternary nitrogens is 1. The molecule has 0 atom stereocenters. The predicted molar refractivity (Wildman–Crippen MR) is 88.5 cm³/mol. The van der Waals surface area contributed by atoms with Gasteiger partial charge in [0, 0.05) is 11.8 Å². The van der Waals surface area contributed by atoms with Crippen LogP contribution in [0.2, 0.25) is 0 Å². The van der Waals surface area contributed by atoms with E-state index in [1.807, 2.05) is 0 Å². The van der Waals surface area contributed by atoms with E-state index >= 15 is 0 Å². The van der Waals surface area contributed by atoms with Gasteiger partial charge in [0.1, 0.15) is 0 Å². The minimum atomic E-state index is 0.353. The van der Waals surface area contributed by atoms with Crippen LogP contribution in [0.5, 0.6) is 0 Å². The molecule has 116 valence electrons. The van der Waals surface area contributed by atoms with Crippen molar-refractivity contribution >= 4 is 16.7 Å². The summed E-state index contributed by atoms with van der Waals surface area (Å²) < 4.78 is 2.34. The Balaban J connectivity index is 1.84. The number of hydrogen-bond acceptors (Lipinski definition) is 1. The van der Waals surface area contributed by atoms with Crippen LogP contribution in [0, 0.1) is 6.92 Å². The average Bonchev–Trinajstić information content (AvgIpc) is 2.83. The molecule has 1 aromatic heterocycles. The van der Waals surface area contributed by atoms with Gasteiger partial charge in [-0.2, -0.15) is 0 Å². The maximum Gasteiger partial charge on any atom is 0.179 e. The lowest BCUT2D eigenvalue weighted by atomic mass is 9.94. The van der Waals surface area contributed by atoms with Crippen LogP contribution in [-0.4, -0.2) is 23.4 Å². The highest BCUT2D eigenvalue weighted by Crippen LogP contribution is 2.32. The van der Waals surface area contributed by atoms with E-state index in [-0.39, 0.29) is 0 Å². The number of ketones is 1. The molecule has 1 N–H and O–H groups in total. The summed E-state index contributed by atoms with van der Waals surface area (Å²) in [5.41, 5.74) is 4.89. The summed E-state index contributed by atoms with van der Waals surface area (Å²) in [4.78, 5) is 14.2. The number of nitrogens with zero attached hydrogens (tertiary/aromatic N) is 1. The molecule has 3 heteroatoms. The number of aryl methyl sites for hydroxylation is 2. The highest BCUT2D eigenvalue weighted by atomic mass is 16.1. The van der Waals surface area contributed by atoms with Gasteiger partial charge in [0.05, 0.1) is 24.3 Å². The second-order valence-corrected chi connectivity index (χ2v) is 7.02. The van der Waals surface area contributed by atoms with Crippen molar-refractivity contribution in [2.24, 2.45) is 0 Å². The van der Waals surface area contributed by atoms with Gasteiger partial charge in [0.15, 0.2) is 12.5 Å². The number of carbonyl (C=O) groups is 1. The molecule has 2 heterocycles. The summed E-state index contributed by atoms with van der Waals surface area (Å²) in [5, 5.41) is 1.32. The monoisotopic (exact) mass is 297 g/mol. The van der Waals surface area contributed by atoms with E-state index in [4.69, 9.17) is 0 Å². The molecule has 3 nitrogen and oxygen atoms in total. The number of benzene rings is 1. The van der Waals surface area contributed by atoms with E-state index < -0.39 is 0 Å². The Morgan fingerprint density at radius 2 is 1.91 bits per heavy atom. The zero-order valence-corrected chi connectivity index (χ0v) is 13.5. The molecule has 4 rings (SSSR count). The summed E-state index contributed by atoms with van der Waals surface area (Å²) in [6, 6.07) is 6.68. The predicted octanol–water partition coefficient (Wildman–Crippen LogP) is 2.50. The summed E-state index contributed by atoms with van der Waals surface area (Å²) in [5.74, 6) is 0.353. The number of hydrogen-bond donors (Lipinski definition) is 1. The maximum absolute atomic E-state index is 12.6. The molecular weight excluding hydrogens is 272 g/mol. The molecule has 0 unspecified atom stereocenters. The second kappa shape index (κ2) is 5.54. The van der Waals surface area contributed by atoms with Crippen molar-refractivity contribution in [2.45, 2.75) is 52.1 Å². The van der Waals surface area contributed by atoms with E-state index in [1.165, 1.54) is 54.4 Å². The van der Waals surface area contributed by atoms with Crippen LogP contribution >= 0.6 is 0 Å². The quantitative estimate of drug-likeness (QED) is 0.906. The first-order chi connectivity index (χ1) is 10.7. The highest BCUT2D eigenvalue weighted by molar-refractivity contribution is 6.04. The van der Waals surface area contributed by atoms with Crippen molar-refractivity contribution in [1.29, 1.82) is 0 Å². The Labute approximate surface area is 131 Å². The molecule has 0 saturated carbocycles. The number of carbonyl (C=O) groups excluding carboxylic acids is 1. The van der Waals surface area contributed by atoms with Gasteiger partial charge < -0.3 is 4.90 Å². The summed E-state index contributed by atoms with van der Waals surface area (Å²) >= 11 is 0. The second-order valence-electron chi connectivity index (χ2n) is 7.02. The third kappa shape index (κ3) is 2.28. The molecule has 1 aromatic carbocycles. The normalized spacial score (nSPS) is 19.6. The van der Waals surface area contributed by atoms with E-state index in [0.29, 0.717) is 5.78 Å². The van der Waals surface area contributed by atoms with Gasteiger partial charge in [-0.3, -0.25) is 9.36 Å². The standard InChI is InChI=1S/C19H24N2O/c1-14-8-9-17-16(12-14)15-6-5-7-18(22)19(15)21(17)13-20-10-3-2-4-11-20/h8-9,12H,2-7,10-11,13H2,1H3/p+1. The Morgan fingerprint density at radius 3 is 2.73 bits per heavy atom. The fraction of sp³-hybridized carbons (Fsp3) is 0.526. The Bertz CT molecular complexity index is 723. The van der Waals surface area contributed by atoms with Gasteiger partial charge in [0.2, 0.25) is 0 Å². The number of piperidine rings is 1. The fourth-order valence-corrected chi connectivity index (χ4v) is 4.25. The van der Waals surface area contributed by atoms with Gasteiger partial charge in [-0.15, -0.1) is 0 Å². The van der Waals surface area contributed by atoms with Crippen LogP contribution in [0.1, 0.15) is 53.7 Å². The lowest BCUT2D eigenvalue weighted by Crippen LogP contribution is -3.12. The number of aromatic nitrogens is 1. The van der Waals surface area contributed by atoms with E-state index in [0.717, 1.165) is 31.6 Å².